The molecule has 2 N–H and O–H groups in total. The van der Waals surface area contributed by atoms with Crippen LogP contribution in [0.1, 0.15) is 39.1 Å². The number of hydrazone groups is 1. The van der Waals surface area contributed by atoms with Gasteiger partial charge in [-0.1, -0.05) is 18.2 Å². The van der Waals surface area contributed by atoms with Crippen LogP contribution in [-0.2, 0) is 4.79 Å². The monoisotopic (exact) mass is 489 g/mol. The molecular formula is C27H27N3O6. The maximum atomic E-state index is 12.4. The van der Waals surface area contributed by atoms with Gasteiger partial charge < -0.3 is 19.5 Å². The smallest absolute Gasteiger partial charge is 0.343 e. The minimum Gasteiger partial charge on any atom is -0.493 e. The number of rotatable bonds is 11. The molecule has 0 atom stereocenters. The van der Waals surface area contributed by atoms with Crippen molar-refractivity contribution in [2.24, 2.45) is 5.10 Å². The second-order valence-electron chi connectivity index (χ2n) is 7.55. The highest BCUT2D eigenvalue weighted by Gasteiger charge is 2.13. The third kappa shape index (κ3) is 7.69. The average Bonchev–Trinajstić information content (AvgIpc) is 2.92. The fourth-order valence-electron chi connectivity index (χ4n) is 3.13. The van der Waals surface area contributed by atoms with Crippen LogP contribution in [0, 0.1) is 0 Å². The highest BCUT2D eigenvalue weighted by atomic mass is 16.5. The Bertz CT molecular complexity index is 1210. The predicted molar refractivity (Wildman–Crippen MR) is 135 cm³/mol. The summed E-state index contributed by atoms with van der Waals surface area (Å²) < 4.78 is 15.8. The van der Waals surface area contributed by atoms with Crippen molar-refractivity contribution >= 4 is 24.0 Å². The van der Waals surface area contributed by atoms with E-state index < -0.39 is 5.97 Å². The highest BCUT2D eigenvalue weighted by Crippen LogP contribution is 2.28. The van der Waals surface area contributed by atoms with Crippen molar-refractivity contribution in [3.05, 3.63) is 89.5 Å². The van der Waals surface area contributed by atoms with Crippen LogP contribution >= 0.6 is 0 Å². The van der Waals surface area contributed by atoms with E-state index in [1.165, 1.54) is 20.4 Å². The van der Waals surface area contributed by atoms with E-state index in [1.54, 1.807) is 66.7 Å². The van der Waals surface area contributed by atoms with Crippen LogP contribution in [0.15, 0.2) is 77.9 Å². The second kappa shape index (κ2) is 13.3. The number of ether oxygens (including phenoxy) is 3. The van der Waals surface area contributed by atoms with Crippen molar-refractivity contribution in [3.63, 3.8) is 0 Å². The summed E-state index contributed by atoms with van der Waals surface area (Å²) >= 11 is 0. The molecule has 0 spiro atoms. The molecule has 3 rings (SSSR count). The lowest BCUT2D eigenvalue weighted by Crippen LogP contribution is -2.26. The molecule has 0 aliphatic carbocycles. The summed E-state index contributed by atoms with van der Waals surface area (Å²) in [6.45, 7) is 0.383. The van der Waals surface area contributed by atoms with Gasteiger partial charge in [0.15, 0.2) is 11.5 Å². The van der Waals surface area contributed by atoms with E-state index in [2.05, 4.69) is 15.8 Å². The number of methoxy groups -OCH3 is 2. The summed E-state index contributed by atoms with van der Waals surface area (Å²) in [6.07, 6.45) is 2.19. The van der Waals surface area contributed by atoms with Gasteiger partial charge >= 0.3 is 5.97 Å². The lowest BCUT2D eigenvalue weighted by molar-refractivity contribution is -0.121. The number of carbonyl (C=O) groups excluding carboxylic acids is 3. The van der Waals surface area contributed by atoms with Crippen LogP contribution in [0.3, 0.4) is 0 Å². The van der Waals surface area contributed by atoms with Crippen molar-refractivity contribution < 1.29 is 28.6 Å². The number of hydrogen-bond donors (Lipinski definition) is 2. The maximum Gasteiger partial charge on any atom is 0.343 e. The number of benzene rings is 3. The fourth-order valence-corrected chi connectivity index (χ4v) is 3.13. The molecule has 9 heteroatoms. The Morgan fingerprint density at radius 2 is 1.58 bits per heavy atom. The number of amides is 2. The Balaban J connectivity index is 1.40. The molecule has 36 heavy (non-hydrogen) atoms. The molecule has 3 aromatic rings. The second-order valence-corrected chi connectivity index (χ2v) is 7.55. The molecule has 186 valence electrons. The van der Waals surface area contributed by atoms with E-state index in [4.69, 9.17) is 14.2 Å². The van der Waals surface area contributed by atoms with E-state index in [-0.39, 0.29) is 18.2 Å². The zero-order chi connectivity index (χ0) is 25.8. The zero-order valence-corrected chi connectivity index (χ0v) is 20.0. The van der Waals surface area contributed by atoms with Gasteiger partial charge in [-0.2, -0.15) is 5.10 Å². The SMILES string of the molecule is COc1ccc(C(=O)Oc2ccc(C=NNC(=O)CCCNC(=O)c3ccccc3)cc2)cc1OC. The number of hydrogen-bond acceptors (Lipinski definition) is 7. The first-order valence-electron chi connectivity index (χ1n) is 11.2. The zero-order valence-electron chi connectivity index (χ0n) is 20.0. The van der Waals surface area contributed by atoms with Gasteiger partial charge in [0.25, 0.3) is 5.91 Å². The molecule has 0 fully saturated rings. The molecule has 0 saturated heterocycles. The molecule has 0 saturated carbocycles. The van der Waals surface area contributed by atoms with Gasteiger partial charge in [-0.3, -0.25) is 9.59 Å². The first-order chi connectivity index (χ1) is 17.5. The Hall–Kier alpha value is -4.66. The van der Waals surface area contributed by atoms with Gasteiger partial charge in [-0.05, 0) is 66.6 Å². The highest BCUT2D eigenvalue weighted by molar-refractivity contribution is 5.94. The number of nitrogens with one attached hydrogen (secondary N) is 2. The summed E-state index contributed by atoms with van der Waals surface area (Å²) in [7, 11) is 3.00. The largest absolute Gasteiger partial charge is 0.493 e. The van der Waals surface area contributed by atoms with Crippen molar-refractivity contribution in [1.82, 2.24) is 10.7 Å². The topological polar surface area (TPSA) is 115 Å². The Morgan fingerprint density at radius 3 is 2.28 bits per heavy atom. The molecule has 0 aromatic heterocycles. The number of nitrogens with zero attached hydrogens (tertiary/aromatic N) is 1. The Labute approximate surface area is 209 Å². The Kier molecular flexibility index (Phi) is 9.58. The molecule has 0 aliphatic rings. The van der Waals surface area contributed by atoms with Gasteiger partial charge in [0.2, 0.25) is 5.91 Å². The van der Waals surface area contributed by atoms with Crippen LogP contribution in [0.2, 0.25) is 0 Å². The molecule has 0 unspecified atom stereocenters. The van der Waals surface area contributed by atoms with E-state index in [0.29, 0.717) is 46.9 Å². The standard InChI is InChI=1S/C27H27N3O6/c1-34-23-15-12-21(17-24(23)35-2)27(33)36-22-13-10-19(11-14-22)18-29-30-25(31)9-6-16-28-26(32)20-7-4-3-5-8-20/h3-5,7-8,10-15,17-18H,6,9,16H2,1-2H3,(H,28,32)(H,30,31). The van der Waals surface area contributed by atoms with Crippen LogP contribution in [0.4, 0.5) is 0 Å². The van der Waals surface area contributed by atoms with Crippen LogP contribution in [0.25, 0.3) is 0 Å². The molecule has 0 bridgehead atoms. The molecule has 0 radical (unpaired) electrons. The van der Waals surface area contributed by atoms with Crippen molar-refractivity contribution in [2.75, 3.05) is 20.8 Å². The minimum atomic E-state index is -0.537. The van der Waals surface area contributed by atoms with Gasteiger partial charge in [-0.25, -0.2) is 10.2 Å². The summed E-state index contributed by atoms with van der Waals surface area (Å²) in [6, 6.07) is 20.3. The van der Waals surface area contributed by atoms with Gasteiger partial charge in [0.05, 0.1) is 26.0 Å². The van der Waals surface area contributed by atoms with Crippen molar-refractivity contribution in [1.29, 1.82) is 0 Å². The molecule has 0 heterocycles. The van der Waals surface area contributed by atoms with Crippen molar-refractivity contribution in [2.45, 2.75) is 12.8 Å². The molecule has 2 amide bonds. The number of carbonyl (C=O) groups is 3. The van der Waals surface area contributed by atoms with E-state index in [1.807, 2.05) is 6.07 Å². The first-order valence-corrected chi connectivity index (χ1v) is 11.2. The maximum absolute atomic E-state index is 12.4. The average molecular weight is 490 g/mol. The van der Waals surface area contributed by atoms with Crippen LogP contribution in [-0.4, -0.2) is 44.8 Å². The summed E-state index contributed by atoms with van der Waals surface area (Å²) in [5.74, 6) is 0.322. The summed E-state index contributed by atoms with van der Waals surface area (Å²) in [4.78, 5) is 36.3. The van der Waals surface area contributed by atoms with E-state index in [9.17, 15) is 14.4 Å². The fraction of sp³-hybridized carbons (Fsp3) is 0.185. The van der Waals surface area contributed by atoms with Gasteiger partial charge in [0.1, 0.15) is 5.75 Å². The number of esters is 1. The van der Waals surface area contributed by atoms with Gasteiger partial charge in [-0.15, -0.1) is 0 Å². The third-order valence-electron chi connectivity index (χ3n) is 5.01. The molecule has 9 nitrogen and oxygen atoms in total. The first kappa shape index (κ1) is 26.0. The molecular weight excluding hydrogens is 462 g/mol. The quantitative estimate of drug-likeness (QED) is 0.140. The minimum absolute atomic E-state index is 0.174. The molecule has 0 aliphatic heterocycles. The Morgan fingerprint density at radius 1 is 0.861 bits per heavy atom. The van der Waals surface area contributed by atoms with Gasteiger partial charge in [0, 0.05) is 18.5 Å². The normalized spacial score (nSPS) is 10.5. The van der Waals surface area contributed by atoms with E-state index >= 15 is 0 Å². The lowest BCUT2D eigenvalue weighted by atomic mass is 10.2. The van der Waals surface area contributed by atoms with Crippen molar-refractivity contribution in [3.8, 4) is 17.2 Å². The van der Waals surface area contributed by atoms with Crippen LogP contribution < -0.4 is 25.0 Å². The predicted octanol–water partition coefficient (Wildman–Crippen LogP) is 3.58. The van der Waals surface area contributed by atoms with E-state index in [0.717, 1.165) is 0 Å². The third-order valence-corrected chi connectivity index (χ3v) is 5.01. The molecule has 3 aromatic carbocycles. The summed E-state index contributed by atoms with van der Waals surface area (Å²) in [5.41, 5.74) is 4.05. The lowest BCUT2D eigenvalue weighted by Gasteiger charge is -2.09. The summed E-state index contributed by atoms with van der Waals surface area (Å²) in [5, 5.41) is 6.70. The van der Waals surface area contributed by atoms with Crippen LogP contribution in [0.5, 0.6) is 17.2 Å².